The van der Waals surface area contributed by atoms with Crippen molar-refractivity contribution >= 4 is 23.1 Å². The number of hydrogen-bond acceptors (Lipinski definition) is 5. The van der Waals surface area contributed by atoms with Gasteiger partial charge in [0.2, 0.25) is 0 Å². The lowest BCUT2D eigenvalue weighted by Crippen LogP contribution is -2.48. The van der Waals surface area contributed by atoms with Crippen molar-refractivity contribution in [3.8, 4) is 0 Å². The van der Waals surface area contributed by atoms with Crippen molar-refractivity contribution in [1.82, 2.24) is 14.9 Å². The summed E-state index contributed by atoms with van der Waals surface area (Å²) < 4.78 is 0. The number of amides is 1. The van der Waals surface area contributed by atoms with E-state index in [4.69, 9.17) is 0 Å². The second-order valence-electron chi connectivity index (χ2n) is 4.77. The van der Waals surface area contributed by atoms with Gasteiger partial charge < -0.3 is 9.80 Å². The Morgan fingerprint density at radius 2 is 2.05 bits per heavy atom. The van der Waals surface area contributed by atoms with Crippen LogP contribution in [0.15, 0.2) is 29.9 Å². The summed E-state index contributed by atoms with van der Waals surface area (Å²) in [6.07, 6.45) is 1.59. The molecule has 3 rings (SSSR count). The van der Waals surface area contributed by atoms with Crippen molar-refractivity contribution in [2.45, 2.75) is 6.92 Å². The smallest absolute Gasteiger partial charge is 0.264 e. The first-order valence-corrected chi connectivity index (χ1v) is 7.48. The molecule has 0 N–H and O–H groups in total. The highest BCUT2D eigenvalue weighted by molar-refractivity contribution is 7.12. The van der Waals surface area contributed by atoms with Gasteiger partial charge in [0, 0.05) is 37.9 Å². The van der Waals surface area contributed by atoms with Gasteiger partial charge in [-0.25, -0.2) is 9.97 Å². The Kier molecular flexibility index (Phi) is 3.64. The predicted molar refractivity (Wildman–Crippen MR) is 79.2 cm³/mol. The minimum Gasteiger partial charge on any atom is -0.353 e. The van der Waals surface area contributed by atoms with Crippen LogP contribution in [0.3, 0.4) is 0 Å². The molecule has 0 unspecified atom stereocenters. The number of hydrogen-bond donors (Lipinski definition) is 0. The van der Waals surface area contributed by atoms with Crippen molar-refractivity contribution in [2.24, 2.45) is 0 Å². The molecule has 1 aliphatic rings. The molecule has 6 heteroatoms. The van der Waals surface area contributed by atoms with Crippen LogP contribution >= 0.6 is 11.3 Å². The van der Waals surface area contributed by atoms with Crippen molar-refractivity contribution in [3.05, 3.63) is 40.5 Å². The van der Waals surface area contributed by atoms with E-state index in [-0.39, 0.29) is 5.91 Å². The molecule has 0 bridgehead atoms. The number of piperazine rings is 1. The van der Waals surface area contributed by atoms with Crippen LogP contribution in [0.4, 0.5) is 5.82 Å². The molecule has 0 aliphatic carbocycles. The topological polar surface area (TPSA) is 49.3 Å². The first kappa shape index (κ1) is 13.1. The lowest BCUT2D eigenvalue weighted by atomic mass is 10.3. The minimum atomic E-state index is 0.138. The average Bonchev–Trinajstić information content (AvgIpc) is 3.01. The lowest BCUT2D eigenvalue weighted by molar-refractivity contribution is 0.0751. The standard InChI is InChI=1S/C14H16N4OS/c1-11-9-13(16-10-15-11)17-4-6-18(7-5-17)14(19)12-3-2-8-20-12/h2-3,8-10H,4-7H2,1H3. The maximum Gasteiger partial charge on any atom is 0.264 e. The number of aryl methyl sites for hydroxylation is 1. The molecule has 0 radical (unpaired) electrons. The van der Waals surface area contributed by atoms with E-state index in [0.29, 0.717) is 0 Å². The number of rotatable bonds is 2. The maximum atomic E-state index is 12.3. The molecule has 2 aromatic rings. The molecule has 104 valence electrons. The molecule has 2 aromatic heterocycles. The maximum absolute atomic E-state index is 12.3. The number of aromatic nitrogens is 2. The summed E-state index contributed by atoms with van der Waals surface area (Å²) in [7, 11) is 0. The fraction of sp³-hybridized carbons (Fsp3) is 0.357. The number of carbonyl (C=O) groups excluding carboxylic acids is 1. The van der Waals surface area contributed by atoms with Crippen molar-refractivity contribution in [3.63, 3.8) is 0 Å². The second kappa shape index (κ2) is 5.58. The van der Waals surface area contributed by atoms with Gasteiger partial charge in [0.05, 0.1) is 4.88 Å². The highest BCUT2D eigenvalue weighted by Gasteiger charge is 2.23. The summed E-state index contributed by atoms with van der Waals surface area (Å²) in [6.45, 7) is 5.06. The van der Waals surface area contributed by atoms with Gasteiger partial charge in [0.25, 0.3) is 5.91 Å². The molecule has 0 atom stereocenters. The van der Waals surface area contributed by atoms with E-state index in [9.17, 15) is 4.79 Å². The molecule has 0 saturated carbocycles. The van der Waals surface area contributed by atoms with E-state index in [1.54, 1.807) is 6.33 Å². The third-order valence-corrected chi connectivity index (χ3v) is 4.27. The molecule has 20 heavy (non-hydrogen) atoms. The van der Waals surface area contributed by atoms with Gasteiger partial charge in [-0.3, -0.25) is 4.79 Å². The third kappa shape index (κ3) is 2.65. The SMILES string of the molecule is Cc1cc(N2CCN(C(=O)c3cccs3)CC2)ncn1. The van der Waals surface area contributed by atoms with Crippen LogP contribution in [0, 0.1) is 6.92 Å². The molecular weight excluding hydrogens is 272 g/mol. The van der Waals surface area contributed by atoms with Crippen LogP contribution in [0.2, 0.25) is 0 Å². The zero-order valence-corrected chi connectivity index (χ0v) is 12.1. The molecule has 1 saturated heterocycles. The Labute approximate surface area is 121 Å². The third-order valence-electron chi connectivity index (χ3n) is 3.41. The van der Waals surface area contributed by atoms with Gasteiger partial charge in [-0.15, -0.1) is 11.3 Å². The summed E-state index contributed by atoms with van der Waals surface area (Å²) in [4.78, 5) is 25.6. The average molecular weight is 288 g/mol. The quantitative estimate of drug-likeness (QED) is 0.845. The molecular formula is C14H16N4OS. The first-order chi connectivity index (χ1) is 9.74. The molecule has 1 fully saturated rings. The molecule has 5 nitrogen and oxygen atoms in total. The molecule has 1 amide bonds. The lowest BCUT2D eigenvalue weighted by Gasteiger charge is -2.35. The summed E-state index contributed by atoms with van der Waals surface area (Å²) in [5.74, 6) is 1.08. The van der Waals surface area contributed by atoms with Gasteiger partial charge in [0.1, 0.15) is 12.1 Å². The van der Waals surface area contributed by atoms with Crippen LogP contribution in [0.25, 0.3) is 0 Å². The Morgan fingerprint density at radius 3 is 2.70 bits per heavy atom. The fourth-order valence-corrected chi connectivity index (χ4v) is 3.00. The van der Waals surface area contributed by atoms with Gasteiger partial charge >= 0.3 is 0 Å². The normalized spacial score (nSPS) is 15.4. The Hall–Kier alpha value is -1.95. The van der Waals surface area contributed by atoms with Gasteiger partial charge in [-0.1, -0.05) is 6.07 Å². The van der Waals surface area contributed by atoms with Gasteiger partial charge in [0.15, 0.2) is 0 Å². The zero-order chi connectivity index (χ0) is 13.9. The highest BCUT2D eigenvalue weighted by atomic mass is 32.1. The number of thiophene rings is 1. The van der Waals surface area contributed by atoms with E-state index < -0.39 is 0 Å². The molecule has 0 aromatic carbocycles. The van der Waals surface area contributed by atoms with Crippen LogP contribution in [-0.4, -0.2) is 47.0 Å². The molecule has 3 heterocycles. The van der Waals surface area contributed by atoms with E-state index in [1.165, 1.54) is 11.3 Å². The van der Waals surface area contributed by atoms with Crippen molar-refractivity contribution < 1.29 is 4.79 Å². The van der Waals surface area contributed by atoms with Crippen molar-refractivity contribution in [2.75, 3.05) is 31.1 Å². The summed E-state index contributed by atoms with van der Waals surface area (Å²) >= 11 is 1.50. The van der Waals surface area contributed by atoms with Crippen molar-refractivity contribution in [1.29, 1.82) is 0 Å². The van der Waals surface area contributed by atoms with Crippen LogP contribution in [-0.2, 0) is 0 Å². The van der Waals surface area contributed by atoms with Crippen LogP contribution in [0.1, 0.15) is 15.4 Å². The Morgan fingerprint density at radius 1 is 1.25 bits per heavy atom. The zero-order valence-electron chi connectivity index (χ0n) is 11.3. The fourth-order valence-electron chi connectivity index (χ4n) is 2.31. The number of carbonyl (C=O) groups is 1. The van der Waals surface area contributed by atoms with Gasteiger partial charge in [-0.2, -0.15) is 0 Å². The minimum absolute atomic E-state index is 0.138. The Bertz CT molecular complexity index is 591. The molecule has 1 aliphatic heterocycles. The van der Waals surface area contributed by atoms with Gasteiger partial charge in [-0.05, 0) is 18.4 Å². The monoisotopic (exact) mass is 288 g/mol. The van der Waals surface area contributed by atoms with E-state index in [2.05, 4.69) is 14.9 Å². The highest BCUT2D eigenvalue weighted by Crippen LogP contribution is 2.17. The summed E-state index contributed by atoms with van der Waals surface area (Å²) in [5, 5.41) is 1.94. The summed E-state index contributed by atoms with van der Waals surface area (Å²) in [6, 6.07) is 5.78. The number of anilines is 1. The largest absolute Gasteiger partial charge is 0.353 e. The first-order valence-electron chi connectivity index (χ1n) is 6.60. The van der Waals surface area contributed by atoms with E-state index in [0.717, 1.165) is 42.6 Å². The van der Waals surface area contributed by atoms with Crippen LogP contribution in [0.5, 0.6) is 0 Å². The summed E-state index contributed by atoms with van der Waals surface area (Å²) in [5.41, 5.74) is 0.965. The molecule has 0 spiro atoms. The van der Waals surface area contributed by atoms with E-state index in [1.807, 2.05) is 35.4 Å². The Balaban J connectivity index is 1.64. The van der Waals surface area contributed by atoms with Crippen LogP contribution < -0.4 is 4.90 Å². The number of nitrogens with zero attached hydrogens (tertiary/aromatic N) is 4. The second-order valence-corrected chi connectivity index (χ2v) is 5.72. The predicted octanol–water partition coefficient (Wildman–Crippen LogP) is 1.81. The van der Waals surface area contributed by atoms with E-state index >= 15 is 0 Å².